The molecule has 1 radical (unpaired) electrons. The molecule has 2 aliphatic heterocycles. The van der Waals surface area contributed by atoms with E-state index in [1.807, 2.05) is 41.3 Å². The van der Waals surface area contributed by atoms with E-state index in [0.717, 1.165) is 0 Å². The number of anilines is 1. The van der Waals surface area contributed by atoms with Gasteiger partial charge in [-0.1, -0.05) is 11.0 Å². The minimum atomic E-state index is -0.397. The van der Waals surface area contributed by atoms with E-state index in [0.29, 0.717) is 23.9 Å². The van der Waals surface area contributed by atoms with Crippen LogP contribution in [0.2, 0.25) is 0 Å². The Morgan fingerprint density at radius 2 is 2.27 bits per heavy atom. The summed E-state index contributed by atoms with van der Waals surface area (Å²) in [5, 5.41) is 6.55. The summed E-state index contributed by atoms with van der Waals surface area (Å²) < 4.78 is 13.1. The number of benzene rings is 1. The molecule has 0 atom stereocenters. The summed E-state index contributed by atoms with van der Waals surface area (Å²) in [7, 11) is 3.87. The van der Waals surface area contributed by atoms with E-state index in [9.17, 15) is 9.18 Å². The van der Waals surface area contributed by atoms with Crippen LogP contribution in [-0.4, -0.2) is 42.5 Å². The van der Waals surface area contributed by atoms with Gasteiger partial charge in [-0.3, -0.25) is 9.80 Å². The average Bonchev–Trinajstić information content (AvgIpc) is 2.90. The second kappa shape index (κ2) is 5.70. The van der Waals surface area contributed by atoms with Crippen molar-refractivity contribution in [1.29, 1.82) is 0 Å². The van der Waals surface area contributed by atoms with E-state index in [1.165, 1.54) is 12.1 Å². The molecule has 1 aromatic rings. The first kappa shape index (κ1) is 14.4. The number of carbonyl (C=O) groups is 1. The van der Waals surface area contributed by atoms with Crippen LogP contribution in [0.25, 0.3) is 0 Å². The molecule has 1 N–H and O–H groups in total. The van der Waals surface area contributed by atoms with Crippen LogP contribution < -0.4 is 10.2 Å². The van der Waals surface area contributed by atoms with Crippen molar-refractivity contribution in [2.75, 3.05) is 26.1 Å². The fourth-order valence-corrected chi connectivity index (χ4v) is 2.16. The van der Waals surface area contributed by atoms with Gasteiger partial charge in [0.25, 0.3) is 11.7 Å². The van der Waals surface area contributed by atoms with E-state index in [1.54, 1.807) is 18.3 Å². The molecule has 6 nitrogen and oxygen atoms in total. The second-order valence-corrected chi connectivity index (χ2v) is 5.16. The molecule has 2 heterocycles. The Bertz CT molecular complexity index is 695. The SMILES string of the molecule is CN(C)N1C=CC2=NC(C(=O)Nc3cccc(F)c3)=C[N+]2C1. The van der Waals surface area contributed by atoms with Gasteiger partial charge in [0.05, 0.1) is 0 Å². The van der Waals surface area contributed by atoms with Crippen molar-refractivity contribution in [1.82, 2.24) is 14.9 Å². The van der Waals surface area contributed by atoms with E-state index in [4.69, 9.17) is 0 Å². The Hall–Kier alpha value is -2.51. The van der Waals surface area contributed by atoms with E-state index in [-0.39, 0.29) is 5.91 Å². The minimum absolute atomic E-state index is 0.296. The minimum Gasteiger partial charge on any atom is -0.320 e. The fourth-order valence-electron chi connectivity index (χ4n) is 2.16. The van der Waals surface area contributed by atoms with Crippen LogP contribution in [0.1, 0.15) is 0 Å². The number of halogens is 1. The number of fused-ring (bicyclic) bond motifs is 1. The second-order valence-electron chi connectivity index (χ2n) is 5.16. The van der Waals surface area contributed by atoms with Crippen molar-refractivity contribution in [3.8, 4) is 0 Å². The largest absolute Gasteiger partial charge is 0.320 e. The molecule has 113 valence electrons. The molecule has 0 aliphatic carbocycles. The van der Waals surface area contributed by atoms with Crippen molar-refractivity contribution in [3.05, 3.63) is 54.3 Å². The molecule has 22 heavy (non-hydrogen) atoms. The first-order valence-corrected chi connectivity index (χ1v) is 6.79. The molecule has 0 saturated heterocycles. The molecule has 3 rings (SSSR count). The van der Waals surface area contributed by atoms with Crippen molar-refractivity contribution in [3.63, 3.8) is 0 Å². The number of aliphatic imine (C=N–C) groups is 1. The highest BCUT2D eigenvalue weighted by molar-refractivity contribution is 6.10. The zero-order chi connectivity index (χ0) is 15.7. The quantitative estimate of drug-likeness (QED) is 0.859. The molecule has 2 aliphatic rings. The fraction of sp³-hybridized carbons (Fsp3) is 0.200. The first-order chi connectivity index (χ1) is 10.5. The lowest BCUT2D eigenvalue weighted by Crippen LogP contribution is -2.47. The third-order valence-electron chi connectivity index (χ3n) is 3.33. The van der Waals surface area contributed by atoms with E-state index < -0.39 is 5.82 Å². The van der Waals surface area contributed by atoms with Gasteiger partial charge in [-0.2, -0.15) is 4.99 Å². The molecule has 0 aromatic heterocycles. The van der Waals surface area contributed by atoms with Crippen LogP contribution in [0.4, 0.5) is 10.1 Å². The summed E-state index contributed by atoms with van der Waals surface area (Å²) >= 11 is 0. The number of rotatable bonds is 3. The Morgan fingerprint density at radius 1 is 1.45 bits per heavy atom. The van der Waals surface area contributed by atoms with E-state index >= 15 is 0 Å². The van der Waals surface area contributed by atoms with Crippen LogP contribution in [0, 0.1) is 5.82 Å². The highest BCUT2D eigenvalue weighted by Gasteiger charge is 2.35. The van der Waals surface area contributed by atoms with Gasteiger partial charge in [0, 0.05) is 32.1 Å². The van der Waals surface area contributed by atoms with Crippen molar-refractivity contribution >= 4 is 17.4 Å². The van der Waals surface area contributed by atoms with Crippen LogP contribution in [0.5, 0.6) is 0 Å². The van der Waals surface area contributed by atoms with Gasteiger partial charge in [-0.05, 0) is 18.2 Å². The molecule has 7 heteroatoms. The number of nitrogens with zero attached hydrogens (tertiary/aromatic N) is 4. The van der Waals surface area contributed by atoms with E-state index in [2.05, 4.69) is 10.3 Å². The van der Waals surface area contributed by atoms with Crippen molar-refractivity contribution in [2.24, 2.45) is 4.99 Å². The number of hydrogen-bond donors (Lipinski definition) is 1. The Labute approximate surface area is 127 Å². The van der Waals surface area contributed by atoms with Crippen LogP contribution >= 0.6 is 0 Å². The highest BCUT2D eigenvalue weighted by Crippen LogP contribution is 2.17. The molecular formula is C15H16FN5O+. The topological polar surface area (TPSA) is 53.8 Å². The van der Waals surface area contributed by atoms with Crippen LogP contribution in [0.3, 0.4) is 0 Å². The predicted octanol–water partition coefficient (Wildman–Crippen LogP) is 1.42. The van der Waals surface area contributed by atoms with Gasteiger partial charge in [-0.25, -0.2) is 9.40 Å². The summed E-state index contributed by atoms with van der Waals surface area (Å²) in [6.07, 6.45) is 5.42. The molecule has 0 unspecified atom stereocenters. The maximum absolute atomic E-state index is 13.1. The third-order valence-corrected chi connectivity index (χ3v) is 3.33. The lowest BCUT2D eigenvalue weighted by Gasteiger charge is -2.27. The Kier molecular flexibility index (Phi) is 3.74. The Balaban J connectivity index is 1.72. The maximum Gasteiger partial charge on any atom is 0.285 e. The lowest BCUT2D eigenvalue weighted by atomic mass is 10.3. The standard InChI is InChI=1S/C15H16FN5O/c1-19(2)21-7-6-14-18-13(9-20(14)10-21)15(22)17-12-5-3-4-11(16)8-12/h3-9H,10H2,1-2H3,(H,17,22)/q+1. The molecule has 0 saturated carbocycles. The number of hydrogen-bond acceptors (Lipinski definition) is 5. The van der Waals surface area contributed by atoms with Crippen molar-refractivity contribution < 1.29 is 9.18 Å². The first-order valence-electron chi connectivity index (χ1n) is 6.79. The maximum atomic E-state index is 13.1. The predicted molar refractivity (Wildman–Crippen MR) is 82.2 cm³/mol. The average molecular weight is 301 g/mol. The van der Waals surface area contributed by atoms with Gasteiger partial charge < -0.3 is 5.32 Å². The number of amides is 1. The zero-order valence-electron chi connectivity index (χ0n) is 12.3. The van der Waals surface area contributed by atoms with Crippen LogP contribution in [0.15, 0.2) is 53.4 Å². The number of nitrogens with one attached hydrogen (secondary N) is 1. The molecule has 0 fully saturated rings. The van der Waals surface area contributed by atoms with Crippen molar-refractivity contribution in [2.45, 2.75) is 0 Å². The molecular weight excluding hydrogens is 285 g/mol. The van der Waals surface area contributed by atoms with Gasteiger partial charge in [0.15, 0.2) is 11.9 Å². The highest BCUT2D eigenvalue weighted by atomic mass is 19.1. The molecule has 0 bridgehead atoms. The molecule has 1 aromatic carbocycles. The summed E-state index contributed by atoms with van der Waals surface area (Å²) in [4.78, 5) is 18.4. The number of hydrazine groups is 1. The molecule has 1 amide bonds. The smallest absolute Gasteiger partial charge is 0.285 e. The van der Waals surface area contributed by atoms with Gasteiger partial charge in [-0.15, -0.1) is 0 Å². The monoisotopic (exact) mass is 301 g/mol. The summed E-state index contributed by atoms with van der Waals surface area (Å²) in [6, 6.07) is 5.76. The number of carbonyl (C=O) groups excluding carboxylic acids is 1. The Morgan fingerprint density at radius 3 is 3.00 bits per heavy atom. The van der Waals surface area contributed by atoms with Gasteiger partial charge in [0.2, 0.25) is 6.67 Å². The van der Waals surface area contributed by atoms with Crippen LogP contribution in [-0.2, 0) is 4.79 Å². The summed E-state index contributed by atoms with van der Waals surface area (Å²) in [5.41, 5.74) is 0.700. The van der Waals surface area contributed by atoms with Gasteiger partial charge in [0.1, 0.15) is 5.82 Å². The third kappa shape index (κ3) is 2.90. The van der Waals surface area contributed by atoms with Gasteiger partial charge >= 0.3 is 0 Å². The molecule has 0 spiro atoms. The summed E-state index contributed by atoms with van der Waals surface area (Å²) in [5.74, 6) is -0.0497. The summed E-state index contributed by atoms with van der Waals surface area (Å²) in [6.45, 7) is 0.582. The lowest BCUT2D eigenvalue weighted by molar-refractivity contribution is -0.112. The normalized spacial score (nSPS) is 17.4. The number of amidine groups is 1. The zero-order valence-corrected chi connectivity index (χ0v) is 12.3.